The van der Waals surface area contributed by atoms with Crippen molar-refractivity contribution in [3.05, 3.63) is 83.9 Å². The number of carbonyl (C=O) groups is 1. The molecule has 4 rings (SSSR count). The lowest BCUT2D eigenvalue weighted by molar-refractivity contribution is 0.103. The zero-order valence-electron chi connectivity index (χ0n) is 17.3. The summed E-state index contributed by atoms with van der Waals surface area (Å²) in [6.07, 6.45) is 8.44. The van der Waals surface area contributed by atoms with E-state index in [0.29, 0.717) is 16.9 Å². The second-order valence-corrected chi connectivity index (χ2v) is 9.11. The Bertz CT molecular complexity index is 1450. The van der Waals surface area contributed by atoms with E-state index < -0.39 is 10.0 Å². The van der Waals surface area contributed by atoms with Crippen LogP contribution in [0.5, 0.6) is 0 Å². The largest absolute Gasteiger partial charge is 0.287 e. The van der Waals surface area contributed by atoms with Gasteiger partial charge in [0.25, 0.3) is 0 Å². The van der Waals surface area contributed by atoms with Gasteiger partial charge in [-0.15, -0.1) is 12.3 Å². The van der Waals surface area contributed by atoms with E-state index in [4.69, 9.17) is 6.42 Å². The lowest BCUT2D eigenvalue weighted by atomic mass is 10.1. The summed E-state index contributed by atoms with van der Waals surface area (Å²) in [6, 6.07) is 16.0. The molecule has 0 aliphatic rings. The number of fused-ring (bicyclic) bond motifs is 1. The highest BCUT2D eigenvalue weighted by Crippen LogP contribution is 2.25. The average molecular weight is 445 g/mol. The van der Waals surface area contributed by atoms with Crippen LogP contribution < -0.4 is 4.72 Å². The van der Waals surface area contributed by atoms with Gasteiger partial charge in [0.05, 0.1) is 11.4 Å². The van der Waals surface area contributed by atoms with Gasteiger partial charge in [-0.1, -0.05) is 42.0 Å². The second kappa shape index (κ2) is 8.65. The molecule has 0 aliphatic heterocycles. The zero-order valence-corrected chi connectivity index (χ0v) is 18.1. The Balaban J connectivity index is 1.70. The summed E-state index contributed by atoms with van der Waals surface area (Å²) in [4.78, 5) is 21.6. The third kappa shape index (κ3) is 4.38. The minimum Gasteiger partial charge on any atom is -0.287 e. The van der Waals surface area contributed by atoms with Gasteiger partial charge in [-0.25, -0.2) is 18.4 Å². The minimum absolute atomic E-state index is 0.132. The van der Waals surface area contributed by atoms with Gasteiger partial charge in [-0.2, -0.15) is 0 Å². The number of terminal acetylenes is 1. The van der Waals surface area contributed by atoms with E-state index in [2.05, 4.69) is 20.6 Å². The minimum atomic E-state index is -3.55. The predicted molar refractivity (Wildman–Crippen MR) is 124 cm³/mol. The zero-order chi connectivity index (χ0) is 22.7. The number of nitrogens with one attached hydrogen (secondary N) is 1. The maximum absolute atomic E-state index is 13.0. The van der Waals surface area contributed by atoms with Crippen molar-refractivity contribution in [1.82, 2.24) is 14.4 Å². The van der Waals surface area contributed by atoms with Crippen LogP contribution in [0.25, 0.3) is 16.9 Å². The predicted octanol–water partition coefficient (Wildman–Crippen LogP) is 3.70. The van der Waals surface area contributed by atoms with Crippen LogP contribution in [0.3, 0.4) is 0 Å². The number of carbonyl (C=O) groups excluding carboxylic acids is 1. The van der Waals surface area contributed by atoms with Crippen LogP contribution >= 0.6 is 0 Å². The van der Waals surface area contributed by atoms with Crippen molar-refractivity contribution < 1.29 is 13.2 Å². The summed E-state index contributed by atoms with van der Waals surface area (Å²) in [7, 11) is -3.55. The van der Waals surface area contributed by atoms with Crippen molar-refractivity contribution >= 4 is 27.1 Å². The summed E-state index contributed by atoms with van der Waals surface area (Å²) >= 11 is 0. The van der Waals surface area contributed by atoms with Gasteiger partial charge >= 0.3 is 0 Å². The molecule has 1 N–H and O–H groups in total. The van der Waals surface area contributed by atoms with Gasteiger partial charge in [-0.05, 0) is 25.1 Å². The third-order valence-corrected chi connectivity index (χ3v) is 6.19. The first-order valence-electron chi connectivity index (χ1n) is 9.86. The number of nitrogens with zero attached hydrogens (tertiary/aromatic N) is 3. The molecule has 0 unspecified atom stereocenters. The number of hydrogen-bond donors (Lipinski definition) is 1. The molecule has 160 valence electrons. The second-order valence-electron chi connectivity index (χ2n) is 7.27. The Morgan fingerprint density at radius 1 is 1.12 bits per heavy atom. The fourth-order valence-corrected chi connectivity index (χ4v) is 4.28. The van der Waals surface area contributed by atoms with Crippen LogP contribution in [0.4, 0.5) is 5.69 Å². The van der Waals surface area contributed by atoms with Crippen LogP contribution in [0.1, 0.15) is 28.0 Å². The molecule has 0 atom stereocenters. The molecular weight excluding hydrogens is 424 g/mol. The first kappa shape index (κ1) is 21.3. The van der Waals surface area contributed by atoms with E-state index >= 15 is 0 Å². The number of benzene rings is 2. The van der Waals surface area contributed by atoms with Gasteiger partial charge < -0.3 is 0 Å². The van der Waals surface area contributed by atoms with Crippen LogP contribution in [-0.4, -0.2) is 34.3 Å². The Labute approximate surface area is 186 Å². The number of imidazole rings is 1. The van der Waals surface area contributed by atoms with Gasteiger partial charge in [0, 0.05) is 29.4 Å². The van der Waals surface area contributed by atoms with E-state index in [-0.39, 0.29) is 23.7 Å². The van der Waals surface area contributed by atoms with E-state index in [9.17, 15) is 13.2 Å². The van der Waals surface area contributed by atoms with Gasteiger partial charge in [-0.3, -0.25) is 13.9 Å². The van der Waals surface area contributed by atoms with E-state index in [0.717, 1.165) is 16.8 Å². The molecule has 0 radical (unpaired) electrons. The Hall–Kier alpha value is -3.96. The van der Waals surface area contributed by atoms with E-state index in [1.165, 1.54) is 0 Å². The first-order valence-corrected chi connectivity index (χ1v) is 11.5. The Morgan fingerprint density at radius 2 is 1.91 bits per heavy atom. The average Bonchev–Trinajstić information content (AvgIpc) is 3.22. The molecule has 2 heterocycles. The molecule has 0 fully saturated rings. The molecular formula is C24H20N4O3S. The smallest absolute Gasteiger partial charge is 0.233 e. The highest BCUT2D eigenvalue weighted by Gasteiger charge is 2.18. The van der Waals surface area contributed by atoms with Crippen molar-refractivity contribution in [1.29, 1.82) is 0 Å². The maximum atomic E-state index is 13.0. The lowest BCUT2D eigenvalue weighted by Gasteiger charge is -2.10. The maximum Gasteiger partial charge on any atom is 0.233 e. The molecule has 0 spiro atoms. The summed E-state index contributed by atoms with van der Waals surface area (Å²) in [5.74, 6) is 1.96. The monoisotopic (exact) mass is 444 g/mol. The van der Waals surface area contributed by atoms with E-state index in [1.54, 1.807) is 53.3 Å². The summed E-state index contributed by atoms with van der Waals surface area (Å²) in [5, 5.41) is 0. The molecule has 0 bridgehead atoms. The fraction of sp³-hybridized carbons (Fsp3) is 0.125. The number of hydrogen-bond acceptors (Lipinski definition) is 5. The van der Waals surface area contributed by atoms with Crippen molar-refractivity contribution in [2.24, 2.45) is 0 Å². The number of ketones is 1. The number of anilines is 1. The highest BCUT2D eigenvalue weighted by atomic mass is 32.2. The van der Waals surface area contributed by atoms with E-state index in [1.807, 2.05) is 25.1 Å². The van der Waals surface area contributed by atoms with Crippen molar-refractivity contribution in [3.8, 4) is 23.6 Å². The standard InChI is InChI=1S/C24H20N4O3S/c1-3-4-14-32(30,31)27-20-7-5-6-19(15-20)21-12-13-25-24-22(26-16-28(21)24)23(29)18-10-8-17(2)9-11-18/h1,5-13,15-16,27H,4,14H2,2H3. The third-order valence-electron chi connectivity index (χ3n) is 4.91. The van der Waals surface area contributed by atoms with Crippen molar-refractivity contribution in [3.63, 3.8) is 0 Å². The van der Waals surface area contributed by atoms with Crippen molar-refractivity contribution in [2.45, 2.75) is 13.3 Å². The molecule has 0 amide bonds. The summed E-state index contributed by atoms with van der Waals surface area (Å²) in [5.41, 5.74) is 4.14. The van der Waals surface area contributed by atoms with Gasteiger partial charge in [0.2, 0.25) is 15.8 Å². The van der Waals surface area contributed by atoms with Crippen molar-refractivity contribution in [2.75, 3.05) is 10.5 Å². The number of sulfonamides is 1. The van der Waals surface area contributed by atoms with Gasteiger partial charge in [0.15, 0.2) is 11.3 Å². The Kier molecular flexibility index (Phi) is 5.75. The van der Waals surface area contributed by atoms with Crippen LogP contribution in [-0.2, 0) is 10.0 Å². The molecule has 32 heavy (non-hydrogen) atoms. The summed E-state index contributed by atoms with van der Waals surface area (Å²) in [6.45, 7) is 1.96. The fourth-order valence-electron chi connectivity index (χ4n) is 3.30. The molecule has 2 aromatic heterocycles. The highest BCUT2D eigenvalue weighted by molar-refractivity contribution is 7.92. The van der Waals surface area contributed by atoms with Gasteiger partial charge in [0.1, 0.15) is 6.33 Å². The molecule has 7 nitrogen and oxygen atoms in total. The van der Waals surface area contributed by atoms with Crippen LogP contribution in [0, 0.1) is 19.3 Å². The first-order chi connectivity index (χ1) is 15.4. The molecule has 8 heteroatoms. The quantitative estimate of drug-likeness (QED) is 0.347. The molecule has 0 saturated heterocycles. The molecule has 4 aromatic rings. The lowest BCUT2D eigenvalue weighted by Crippen LogP contribution is -2.16. The molecule has 2 aromatic carbocycles. The number of aromatic nitrogens is 3. The topological polar surface area (TPSA) is 93.4 Å². The molecule has 0 aliphatic carbocycles. The number of aryl methyl sites for hydroxylation is 1. The summed E-state index contributed by atoms with van der Waals surface area (Å²) < 4.78 is 28.6. The number of rotatable bonds is 7. The molecule has 0 saturated carbocycles. The Morgan fingerprint density at radius 3 is 2.66 bits per heavy atom. The SMILES string of the molecule is C#CCCS(=O)(=O)Nc1cccc(-c2ccnc3c(C(=O)c4ccc(C)cc4)ncn23)c1. The van der Waals surface area contributed by atoms with Crippen LogP contribution in [0.2, 0.25) is 0 Å². The van der Waals surface area contributed by atoms with Crippen LogP contribution in [0.15, 0.2) is 67.1 Å². The normalized spacial score (nSPS) is 11.2.